The van der Waals surface area contributed by atoms with E-state index in [1.54, 1.807) is 4.68 Å². The number of piperazine rings is 1. The average molecular weight is 518 g/mol. The quantitative estimate of drug-likeness (QED) is 0.299. The van der Waals surface area contributed by atoms with Gasteiger partial charge in [-0.3, -0.25) is 4.79 Å². The Kier molecular flexibility index (Phi) is 5.41. The Hall–Kier alpha value is -4.96. The Morgan fingerprint density at radius 3 is 2.62 bits per heavy atom. The van der Waals surface area contributed by atoms with Gasteiger partial charge in [0.25, 0.3) is 0 Å². The van der Waals surface area contributed by atoms with Gasteiger partial charge in [0.05, 0.1) is 28.5 Å². The van der Waals surface area contributed by atoms with Gasteiger partial charge in [-0.15, -0.1) is 4.79 Å². The monoisotopic (exact) mass is 517 g/mol. The topological polar surface area (TPSA) is 123 Å². The summed E-state index contributed by atoms with van der Waals surface area (Å²) in [5, 5.41) is 8.74. The first kappa shape index (κ1) is 23.2. The molecule has 0 amide bonds. The van der Waals surface area contributed by atoms with Crippen molar-refractivity contribution in [1.29, 1.82) is 0 Å². The van der Waals surface area contributed by atoms with Crippen LogP contribution in [-0.2, 0) is 0 Å². The number of carbonyl (C=O) groups is 1. The summed E-state index contributed by atoms with van der Waals surface area (Å²) < 4.78 is 1.81. The fourth-order valence-corrected chi connectivity index (χ4v) is 5.27. The molecule has 39 heavy (non-hydrogen) atoms. The van der Waals surface area contributed by atoms with Crippen LogP contribution in [0.1, 0.15) is 21.9 Å². The second-order valence-electron chi connectivity index (χ2n) is 9.75. The van der Waals surface area contributed by atoms with Crippen LogP contribution in [0.15, 0.2) is 73.1 Å². The molecule has 5 heterocycles. The molecule has 0 saturated carbocycles. The van der Waals surface area contributed by atoms with E-state index in [1.165, 1.54) is 11.0 Å². The summed E-state index contributed by atoms with van der Waals surface area (Å²) in [5.41, 5.74) is 11.8. The lowest BCUT2D eigenvalue weighted by Gasteiger charge is -2.28. The molecule has 0 aliphatic carbocycles. The van der Waals surface area contributed by atoms with Gasteiger partial charge >= 0.3 is 0 Å². The number of fused-ring (bicyclic) bond motifs is 2. The summed E-state index contributed by atoms with van der Waals surface area (Å²) in [6.07, 6.45) is 3.42. The number of nitrogens with two attached hydrogens (primary N) is 1. The van der Waals surface area contributed by atoms with Crippen LogP contribution in [0.5, 0.6) is 0 Å². The Morgan fingerprint density at radius 2 is 1.79 bits per heavy atom. The van der Waals surface area contributed by atoms with Crippen molar-refractivity contribution < 1.29 is 4.79 Å². The number of aromatic amines is 1. The number of aromatic nitrogens is 6. The van der Waals surface area contributed by atoms with E-state index in [4.69, 9.17) is 10.7 Å². The van der Waals surface area contributed by atoms with E-state index < -0.39 is 0 Å². The normalized spacial score (nSPS) is 13.9. The van der Waals surface area contributed by atoms with Crippen LogP contribution in [0.2, 0.25) is 0 Å². The van der Waals surface area contributed by atoms with Gasteiger partial charge in [-0.05, 0) is 48.9 Å². The predicted octanol–water partition coefficient (Wildman–Crippen LogP) is 3.62. The van der Waals surface area contributed by atoms with E-state index in [1.807, 2.05) is 61.7 Å². The summed E-state index contributed by atoms with van der Waals surface area (Å²) in [5.74, 6) is 1.74. The van der Waals surface area contributed by atoms with Gasteiger partial charge in [0.2, 0.25) is 5.78 Å². The molecule has 0 spiro atoms. The molecule has 4 aromatic heterocycles. The van der Waals surface area contributed by atoms with Crippen molar-refractivity contribution in [2.45, 2.75) is 6.92 Å². The average Bonchev–Trinajstić information content (AvgIpc) is 3.66. The molecule has 6 aromatic rings. The molecule has 1 saturated heterocycles. The van der Waals surface area contributed by atoms with Crippen LogP contribution in [0, 0.1) is 6.92 Å². The molecule has 194 valence electrons. The van der Waals surface area contributed by atoms with Crippen molar-refractivity contribution in [3.8, 4) is 11.1 Å². The number of rotatable bonds is 5. The zero-order chi connectivity index (χ0) is 26.5. The highest BCUT2D eigenvalue weighted by atomic mass is 16.1. The Labute approximate surface area is 224 Å². The molecular formula is C29H27N9O. The molecule has 2 aromatic carbocycles. The number of nitrogen functional groups attached to an aromatic ring is 1. The van der Waals surface area contributed by atoms with Crippen molar-refractivity contribution in [2.75, 3.05) is 36.8 Å². The van der Waals surface area contributed by atoms with Gasteiger partial charge in [-0.2, -0.15) is 5.10 Å². The van der Waals surface area contributed by atoms with Crippen LogP contribution in [-0.4, -0.2) is 61.5 Å². The number of benzene rings is 2. The summed E-state index contributed by atoms with van der Waals surface area (Å²) in [4.78, 5) is 29.9. The largest absolute Gasteiger partial charge is 0.382 e. The maximum atomic E-state index is 13.5. The lowest BCUT2D eigenvalue weighted by molar-refractivity contribution is 0.103. The lowest BCUT2D eigenvalue weighted by Crippen LogP contribution is -2.43. The van der Waals surface area contributed by atoms with E-state index in [2.05, 4.69) is 37.4 Å². The van der Waals surface area contributed by atoms with Crippen molar-refractivity contribution in [1.82, 2.24) is 34.8 Å². The third-order valence-corrected chi connectivity index (χ3v) is 7.31. The SMILES string of the molecule is Cc1nc2ccccc2n1-n1ncc(C(=O)c2cc3ccc(-c4ccc(N5CCNCC5)nc4)cc3[nH]2)c1N. The summed E-state index contributed by atoms with van der Waals surface area (Å²) >= 11 is 0. The third kappa shape index (κ3) is 3.93. The fraction of sp³-hybridized carbons (Fsp3) is 0.172. The number of aryl methyl sites for hydroxylation is 1. The zero-order valence-corrected chi connectivity index (χ0v) is 21.4. The standard InChI is InChI=1S/C29H27N9O/c1-18-34-23-4-2-3-5-26(23)37(18)38-29(30)22(17-33-38)28(39)25-15-20-7-6-19(14-24(20)35-25)21-8-9-27(32-16-21)36-12-10-31-11-13-36/h2-9,14-17,31,35H,10-13,30H2,1H3. The minimum atomic E-state index is -0.222. The van der Waals surface area contributed by atoms with Crippen LogP contribution >= 0.6 is 0 Å². The Morgan fingerprint density at radius 1 is 0.974 bits per heavy atom. The minimum absolute atomic E-state index is 0.222. The number of para-hydroxylation sites is 2. The molecule has 1 aliphatic heterocycles. The molecule has 0 bridgehead atoms. The number of nitrogens with one attached hydrogen (secondary N) is 2. The predicted molar refractivity (Wildman–Crippen MR) is 152 cm³/mol. The van der Waals surface area contributed by atoms with E-state index in [0.29, 0.717) is 11.3 Å². The summed E-state index contributed by atoms with van der Waals surface area (Å²) in [6, 6.07) is 19.9. The smallest absolute Gasteiger partial charge is 0.214 e. The molecule has 10 nitrogen and oxygen atoms in total. The number of H-pyrrole nitrogens is 1. The first-order valence-corrected chi connectivity index (χ1v) is 12.9. The number of imidazole rings is 1. The number of anilines is 2. The molecule has 1 aliphatic rings. The second-order valence-corrected chi connectivity index (χ2v) is 9.75. The van der Waals surface area contributed by atoms with Crippen LogP contribution in [0.3, 0.4) is 0 Å². The van der Waals surface area contributed by atoms with Crippen molar-refractivity contribution in [3.63, 3.8) is 0 Å². The molecule has 0 atom stereocenters. The maximum Gasteiger partial charge on any atom is 0.214 e. The number of nitrogens with zero attached hydrogens (tertiary/aromatic N) is 6. The van der Waals surface area contributed by atoms with Gasteiger partial charge in [-0.1, -0.05) is 24.3 Å². The van der Waals surface area contributed by atoms with E-state index >= 15 is 0 Å². The summed E-state index contributed by atoms with van der Waals surface area (Å²) in [7, 11) is 0. The zero-order valence-electron chi connectivity index (χ0n) is 21.4. The van der Waals surface area contributed by atoms with E-state index in [0.717, 1.165) is 70.9 Å². The molecular weight excluding hydrogens is 490 g/mol. The summed E-state index contributed by atoms with van der Waals surface area (Å²) in [6.45, 7) is 5.74. The van der Waals surface area contributed by atoms with Gasteiger partial charge in [0.15, 0.2) is 5.82 Å². The lowest BCUT2D eigenvalue weighted by atomic mass is 10.1. The molecule has 7 rings (SSSR count). The molecule has 4 N–H and O–H groups in total. The van der Waals surface area contributed by atoms with Gasteiger partial charge < -0.3 is 20.9 Å². The Bertz CT molecular complexity index is 1840. The highest BCUT2D eigenvalue weighted by Gasteiger charge is 2.21. The molecule has 0 radical (unpaired) electrons. The van der Waals surface area contributed by atoms with Crippen molar-refractivity contribution in [3.05, 3.63) is 90.1 Å². The first-order valence-electron chi connectivity index (χ1n) is 12.9. The number of carbonyl (C=O) groups excluding carboxylic acids is 1. The second kappa shape index (κ2) is 9.10. The van der Waals surface area contributed by atoms with Gasteiger partial charge in [-0.25, -0.2) is 14.6 Å². The van der Waals surface area contributed by atoms with Crippen LogP contribution in [0.25, 0.3) is 33.1 Å². The van der Waals surface area contributed by atoms with Gasteiger partial charge in [0.1, 0.15) is 11.6 Å². The van der Waals surface area contributed by atoms with Gasteiger partial charge in [0, 0.05) is 48.8 Å². The number of pyridine rings is 1. The van der Waals surface area contributed by atoms with Crippen LogP contribution in [0.4, 0.5) is 11.6 Å². The number of ketones is 1. The molecule has 0 unspecified atom stereocenters. The van der Waals surface area contributed by atoms with E-state index in [-0.39, 0.29) is 11.6 Å². The third-order valence-electron chi connectivity index (χ3n) is 7.31. The highest BCUT2D eigenvalue weighted by molar-refractivity contribution is 6.12. The fourth-order valence-electron chi connectivity index (χ4n) is 5.27. The van der Waals surface area contributed by atoms with Crippen LogP contribution < -0.4 is 16.0 Å². The number of hydrogen-bond acceptors (Lipinski definition) is 7. The van der Waals surface area contributed by atoms with Crippen molar-refractivity contribution in [2.24, 2.45) is 0 Å². The molecule has 1 fully saturated rings. The van der Waals surface area contributed by atoms with E-state index in [9.17, 15) is 4.79 Å². The Balaban J connectivity index is 1.18. The first-order chi connectivity index (χ1) is 19.1. The molecule has 10 heteroatoms. The highest BCUT2D eigenvalue weighted by Crippen LogP contribution is 2.27. The minimum Gasteiger partial charge on any atom is -0.382 e. The maximum absolute atomic E-state index is 13.5. The van der Waals surface area contributed by atoms with Crippen molar-refractivity contribution >= 4 is 39.4 Å². The number of hydrogen-bond donors (Lipinski definition) is 3.